The minimum absolute atomic E-state index is 0.125. The van der Waals surface area contributed by atoms with Crippen LogP contribution in [0.1, 0.15) is 11.0 Å². The summed E-state index contributed by atoms with van der Waals surface area (Å²) in [5.41, 5.74) is 0.470. The number of hydrogen-bond donors (Lipinski definition) is 2. The van der Waals surface area contributed by atoms with Gasteiger partial charge >= 0.3 is 0 Å². The van der Waals surface area contributed by atoms with E-state index in [1.807, 2.05) is 30.3 Å². The van der Waals surface area contributed by atoms with Crippen molar-refractivity contribution in [2.24, 2.45) is 0 Å². The highest BCUT2D eigenvalue weighted by Crippen LogP contribution is 2.31. The van der Waals surface area contributed by atoms with Crippen LogP contribution in [0.3, 0.4) is 0 Å². The third-order valence-electron chi connectivity index (χ3n) is 4.14. The molecule has 26 heavy (non-hydrogen) atoms. The number of ether oxygens (including phenoxy) is 1. The summed E-state index contributed by atoms with van der Waals surface area (Å²) in [5.74, 6) is 0.170. The molecule has 2 aromatic heterocycles. The molecule has 0 amide bonds. The van der Waals surface area contributed by atoms with Gasteiger partial charge in [0.15, 0.2) is 11.6 Å². The van der Waals surface area contributed by atoms with E-state index in [1.165, 1.54) is 19.5 Å². The summed E-state index contributed by atoms with van der Waals surface area (Å²) in [5, 5.41) is 15.4. The van der Waals surface area contributed by atoms with Crippen molar-refractivity contribution >= 4 is 38.1 Å². The Bertz CT molecular complexity index is 1050. The zero-order valence-electron chi connectivity index (χ0n) is 13.9. The normalized spacial score (nSPS) is 12.4. The van der Waals surface area contributed by atoms with Crippen LogP contribution in [0.15, 0.2) is 48.8 Å². The monoisotopic (exact) mass is 369 g/mol. The molecule has 0 aliphatic heterocycles. The fourth-order valence-electron chi connectivity index (χ4n) is 2.82. The molecule has 4 rings (SSSR count). The molecule has 0 saturated carbocycles. The zero-order chi connectivity index (χ0) is 18.1. The quantitative estimate of drug-likeness (QED) is 0.553. The van der Waals surface area contributed by atoms with E-state index in [1.54, 1.807) is 17.4 Å². The smallest absolute Gasteiger partial charge is 0.167 e. The first-order chi connectivity index (χ1) is 12.7. The Hall–Kier alpha value is -2.77. The Kier molecular flexibility index (Phi) is 4.40. The van der Waals surface area contributed by atoms with Gasteiger partial charge in [-0.1, -0.05) is 18.2 Å². The topological polar surface area (TPSA) is 67.3 Å². The number of anilines is 1. The van der Waals surface area contributed by atoms with Crippen molar-refractivity contribution in [3.63, 3.8) is 0 Å². The van der Waals surface area contributed by atoms with Crippen LogP contribution < -0.4 is 10.1 Å². The Morgan fingerprint density at radius 3 is 2.88 bits per heavy atom. The van der Waals surface area contributed by atoms with Crippen molar-refractivity contribution in [2.75, 3.05) is 19.0 Å². The van der Waals surface area contributed by atoms with E-state index >= 15 is 0 Å². The van der Waals surface area contributed by atoms with Gasteiger partial charge in [-0.05, 0) is 23.6 Å². The van der Waals surface area contributed by atoms with Crippen molar-refractivity contribution in [1.29, 1.82) is 0 Å². The standard InChI is InChI=1S/C19H16FN3O2S/c1-25-16-7-12-14(8-13(16)20)22-10-23-19(12)21-9-15(24)18-6-11-4-2-3-5-17(11)26-18/h2-8,10,15,24H,9H2,1H3,(H,21,22,23). The van der Waals surface area contributed by atoms with Crippen LogP contribution >= 0.6 is 11.3 Å². The van der Waals surface area contributed by atoms with Crippen LogP contribution in [-0.2, 0) is 0 Å². The van der Waals surface area contributed by atoms with Gasteiger partial charge in [-0.25, -0.2) is 14.4 Å². The molecule has 0 bridgehead atoms. The highest BCUT2D eigenvalue weighted by atomic mass is 32.1. The van der Waals surface area contributed by atoms with Crippen molar-refractivity contribution in [3.05, 3.63) is 59.5 Å². The van der Waals surface area contributed by atoms with Crippen LogP contribution in [-0.4, -0.2) is 28.7 Å². The zero-order valence-corrected chi connectivity index (χ0v) is 14.8. The van der Waals surface area contributed by atoms with E-state index in [-0.39, 0.29) is 12.3 Å². The maximum atomic E-state index is 13.8. The second kappa shape index (κ2) is 6.86. The van der Waals surface area contributed by atoms with Gasteiger partial charge < -0.3 is 15.2 Å². The second-order valence-corrected chi connectivity index (χ2v) is 6.92. The van der Waals surface area contributed by atoms with Gasteiger partial charge in [0.25, 0.3) is 0 Å². The van der Waals surface area contributed by atoms with Crippen LogP contribution in [0.5, 0.6) is 5.75 Å². The van der Waals surface area contributed by atoms with Gasteiger partial charge in [0.05, 0.1) is 12.6 Å². The fraction of sp³-hybridized carbons (Fsp3) is 0.158. The van der Waals surface area contributed by atoms with Gasteiger partial charge in [0.2, 0.25) is 0 Å². The molecule has 2 heterocycles. The molecule has 0 spiro atoms. The van der Waals surface area contributed by atoms with Crippen molar-refractivity contribution in [1.82, 2.24) is 9.97 Å². The summed E-state index contributed by atoms with van der Waals surface area (Å²) < 4.78 is 20.0. The minimum Gasteiger partial charge on any atom is -0.494 e. The summed E-state index contributed by atoms with van der Waals surface area (Å²) in [6, 6.07) is 12.9. The number of nitrogens with zero attached hydrogens (tertiary/aromatic N) is 2. The van der Waals surface area contributed by atoms with E-state index in [0.29, 0.717) is 16.7 Å². The van der Waals surface area contributed by atoms with Gasteiger partial charge in [-0.3, -0.25) is 0 Å². The lowest BCUT2D eigenvalue weighted by Crippen LogP contribution is -2.12. The largest absolute Gasteiger partial charge is 0.494 e. The Morgan fingerprint density at radius 2 is 2.08 bits per heavy atom. The predicted molar refractivity (Wildman–Crippen MR) is 101 cm³/mol. The third kappa shape index (κ3) is 3.07. The first kappa shape index (κ1) is 16.7. The molecule has 0 aliphatic rings. The Labute approximate surface area is 153 Å². The lowest BCUT2D eigenvalue weighted by Gasteiger charge is -2.13. The van der Waals surface area contributed by atoms with Gasteiger partial charge in [0.1, 0.15) is 18.2 Å². The van der Waals surface area contributed by atoms with Crippen LogP contribution in [0.25, 0.3) is 21.0 Å². The molecule has 1 atom stereocenters. The molecule has 5 nitrogen and oxygen atoms in total. The number of nitrogens with one attached hydrogen (secondary N) is 1. The van der Waals surface area contributed by atoms with E-state index in [2.05, 4.69) is 15.3 Å². The van der Waals surface area contributed by atoms with E-state index in [0.717, 1.165) is 15.0 Å². The molecule has 0 saturated heterocycles. The molecule has 4 aromatic rings. The first-order valence-electron chi connectivity index (χ1n) is 8.04. The average Bonchev–Trinajstić information content (AvgIpc) is 3.09. The molecule has 132 valence electrons. The summed E-state index contributed by atoms with van der Waals surface area (Å²) in [7, 11) is 1.41. The summed E-state index contributed by atoms with van der Waals surface area (Å²) in [6.07, 6.45) is 0.683. The number of aliphatic hydroxyl groups is 1. The summed E-state index contributed by atoms with van der Waals surface area (Å²) in [6.45, 7) is 0.276. The maximum Gasteiger partial charge on any atom is 0.167 e. The molecule has 2 N–H and O–H groups in total. The van der Waals surface area contributed by atoms with Crippen molar-refractivity contribution in [3.8, 4) is 5.75 Å². The van der Waals surface area contributed by atoms with Gasteiger partial charge in [0, 0.05) is 27.6 Å². The number of thiophene rings is 1. The van der Waals surface area contributed by atoms with Gasteiger partial charge in [-0.2, -0.15) is 0 Å². The third-order valence-corrected chi connectivity index (χ3v) is 5.36. The average molecular weight is 369 g/mol. The lowest BCUT2D eigenvalue weighted by atomic mass is 10.2. The first-order valence-corrected chi connectivity index (χ1v) is 8.86. The fourth-order valence-corrected chi connectivity index (χ4v) is 3.87. The molecular formula is C19H16FN3O2S. The Balaban J connectivity index is 1.59. The molecule has 1 unspecified atom stereocenters. The van der Waals surface area contributed by atoms with Gasteiger partial charge in [-0.15, -0.1) is 11.3 Å². The minimum atomic E-state index is -0.681. The highest BCUT2D eigenvalue weighted by Gasteiger charge is 2.14. The number of hydrogen-bond acceptors (Lipinski definition) is 6. The molecule has 0 aliphatic carbocycles. The molecule has 7 heteroatoms. The number of aliphatic hydroxyl groups excluding tert-OH is 1. The van der Waals surface area contributed by atoms with Crippen LogP contribution in [0, 0.1) is 5.82 Å². The van der Waals surface area contributed by atoms with E-state index in [9.17, 15) is 9.50 Å². The molecule has 0 fully saturated rings. The Morgan fingerprint density at radius 1 is 1.23 bits per heavy atom. The number of fused-ring (bicyclic) bond motifs is 2. The number of methoxy groups -OCH3 is 1. The van der Waals surface area contributed by atoms with E-state index < -0.39 is 11.9 Å². The number of halogens is 1. The van der Waals surface area contributed by atoms with E-state index in [4.69, 9.17) is 4.74 Å². The molecule has 0 radical (unpaired) electrons. The molecule has 2 aromatic carbocycles. The van der Waals surface area contributed by atoms with Crippen molar-refractivity contribution < 1.29 is 14.2 Å². The van der Waals surface area contributed by atoms with Crippen molar-refractivity contribution in [2.45, 2.75) is 6.10 Å². The predicted octanol–water partition coefficient (Wildman–Crippen LogP) is 4.14. The molecular weight excluding hydrogens is 353 g/mol. The number of rotatable bonds is 5. The summed E-state index contributed by atoms with van der Waals surface area (Å²) in [4.78, 5) is 9.17. The summed E-state index contributed by atoms with van der Waals surface area (Å²) >= 11 is 1.56. The SMILES string of the molecule is COc1cc2c(NCC(O)c3cc4ccccc4s3)ncnc2cc1F. The van der Waals surface area contributed by atoms with Crippen LogP contribution in [0.2, 0.25) is 0 Å². The number of benzene rings is 2. The second-order valence-electron chi connectivity index (χ2n) is 5.81. The lowest BCUT2D eigenvalue weighted by molar-refractivity contribution is 0.195. The number of aromatic nitrogens is 2. The highest BCUT2D eigenvalue weighted by molar-refractivity contribution is 7.19. The van der Waals surface area contributed by atoms with Crippen LogP contribution in [0.4, 0.5) is 10.2 Å². The maximum absolute atomic E-state index is 13.8.